The molecule has 1 fully saturated rings. The SMILES string of the molecule is COP(=O)(OC)O[C@]1(C)O[C@@H]1C. The predicted molar refractivity (Wildman–Crippen MR) is 41.7 cm³/mol. The van der Waals surface area contributed by atoms with Gasteiger partial charge >= 0.3 is 7.82 Å². The maximum Gasteiger partial charge on any atom is 0.476 e. The zero-order valence-corrected chi connectivity index (χ0v) is 8.46. The molecule has 1 rings (SSSR count). The lowest BCUT2D eigenvalue weighted by Crippen LogP contribution is -2.13. The Morgan fingerprint density at radius 1 is 1.42 bits per heavy atom. The number of hydrogen-bond donors (Lipinski definition) is 0. The lowest BCUT2D eigenvalue weighted by molar-refractivity contribution is 0.0326. The van der Waals surface area contributed by atoms with Gasteiger partial charge in [-0.1, -0.05) is 0 Å². The number of hydrogen-bond acceptors (Lipinski definition) is 5. The molecular weight excluding hydrogens is 183 g/mol. The van der Waals surface area contributed by atoms with Crippen molar-refractivity contribution in [1.29, 1.82) is 0 Å². The maximum atomic E-state index is 11.4. The van der Waals surface area contributed by atoms with Gasteiger partial charge in [-0.25, -0.2) is 4.57 Å². The van der Waals surface area contributed by atoms with Crippen LogP contribution in [0.1, 0.15) is 13.8 Å². The first-order chi connectivity index (χ1) is 5.46. The molecule has 0 unspecified atom stereocenters. The van der Waals surface area contributed by atoms with E-state index in [1.165, 1.54) is 14.2 Å². The van der Waals surface area contributed by atoms with E-state index in [-0.39, 0.29) is 6.10 Å². The van der Waals surface area contributed by atoms with Crippen LogP contribution in [0.3, 0.4) is 0 Å². The standard InChI is InChI=1S/C6H13O5P/c1-5-6(2,10-5)11-12(7,8-3)9-4/h5H,1-4H3/t5-,6+/m1/s1. The molecule has 0 aromatic rings. The fraction of sp³-hybridized carbons (Fsp3) is 1.00. The van der Waals surface area contributed by atoms with Gasteiger partial charge in [-0.05, 0) is 13.8 Å². The summed E-state index contributed by atoms with van der Waals surface area (Å²) in [6, 6.07) is 0. The van der Waals surface area contributed by atoms with Gasteiger partial charge < -0.3 is 4.74 Å². The molecule has 0 aliphatic carbocycles. The Morgan fingerprint density at radius 3 is 2.08 bits per heavy atom. The topological polar surface area (TPSA) is 57.3 Å². The van der Waals surface area contributed by atoms with Crippen molar-refractivity contribution in [2.75, 3.05) is 14.2 Å². The van der Waals surface area contributed by atoms with Gasteiger partial charge in [-0.15, -0.1) is 0 Å². The summed E-state index contributed by atoms with van der Waals surface area (Å²) in [4.78, 5) is 0. The number of phosphoric acid groups is 1. The van der Waals surface area contributed by atoms with E-state index in [0.717, 1.165) is 0 Å². The Balaban J connectivity index is 2.55. The molecule has 0 aromatic heterocycles. The van der Waals surface area contributed by atoms with Crippen LogP contribution >= 0.6 is 7.82 Å². The minimum absolute atomic E-state index is 0.0730. The highest BCUT2D eigenvalue weighted by atomic mass is 31.2. The molecule has 0 bridgehead atoms. The van der Waals surface area contributed by atoms with Crippen LogP contribution in [0.4, 0.5) is 0 Å². The molecule has 12 heavy (non-hydrogen) atoms. The van der Waals surface area contributed by atoms with E-state index < -0.39 is 13.6 Å². The third-order valence-corrected chi connectivity index (χ3v) is 3.31. The Labute approximate surface area is 71.6 Å². The number of ether oxygens (including phenoxy) is 1. The molecule has 5 nitrogen and oxygen atoms in total. The highest BCUT2D eigenvalue weighted by molar-refractivity contribution is 7.48. The highest BCUT2D eigenvalue weighted by Gasteiger charge is 2.55. The number of rotatable bonds is 4. The molecule has 0 saturated carbocycles. The van der Waals surface area contributed by atoms with E-state index in [1.54, 1.807) is 6.92 Å². The molecule has 1 aliphatic rings. The Morgan fingerprint density at radius 2 is 1.83 bits per heavy atom. The van der Waals surface area contributed by atoms with Crippen molar-refractivity contribution >= 4 is 7.82 Å². The first-order valence-electron chi connectivity index (χ1n) is 3.56. The van der Waals surface area contributed by atoms with Crippen LogP contribution in [0.15, 0.2) is 0 Å². The quantitative estimate of drug-likeness (QED) is 0.504. The fourth-order valence-electron chi connectivity index (χ4n) is 0.784. The lowest BCUT2D eigenvalue weighted by atomic mass is 10.3. The van der Waals surface area contributed by atoms with Crippen molar-refractivity contribution in [3.8, 4) is 0 Å². The molecule has 2 atom stereocenters. The van der Waals surface area contributed by atoms with Crippen LogP contribution < -0.4 is 0 Å². The van der Waals surface area contributed by atoms with Gasteiger partial charge in [-0.3, -0.25) is 13.6 Å². The minimum atomic E-state index is -3.40. The van der Waals surface area contributed by atoms with Crippen molar-refractivity contribution < 1.29 is 22.9 Å². The van der Waals surface area contributed by atoms with Crippen LogP contribution in [0.25, 0.3) is 0 Å². The van der Waals surface area contributed by atoms with Crippen molar-refractivity contribution in [3.05, 3.63) is 0 Å². The second kappa shape index (κ2) is 3.09. The van der Waals surface area contributed by atoms with Gasteiger partial charge in [0.2, 0.25) is 5.79 Å². The molecule has 72 valence electrons. The Bertz CT molecular complexity index is 210. The van der Waals surface area contributed by atoms with Crippen molar-refractivity contribution in [1.82, 2.24) is 0 Å². The van der Waals surface area contributed by atoms with Gasteiger partial charge in [0.15, 0.2) is 0 Å². The van der Waals surface area contributed by atoms with Crippen LogP contribution in [-0.4, -0.2) is 26.1 Å². The first kappa shape index (κ1) is 10.2. The monoisotopic (exact) mass is 196 g/mol. The molecule has 1 aliphatic heterocycles. The van der Waals surface area contributed by atoms with Crippen LogP contribution in [0.5, 0.6) is 0 Å². The van der Waals surface area contributed by atoms with Crippen molar-refractivity contribution in [3.63, 3.8) is 0 Å². The van der Waals surface area contributed by atoms with E-state index in [2.05, 4.69) is 9.05 Å². The number of epoxide rings is 1. The maximum absolute atomic E-state index is 11.4. The average molecular weight is 196 g/mol. The summed E-state index contributed by atoms with van der Waals surface area (Å²) in [5, 5.41) is 0. The summed E-state index contributed by atoms with van der Waals surface area (Å²) in [7, 11) is -0.873. The first-order valence-corrected chi connectivity index (χ1v) is 5.02. The van der Waals surface area contributed by atoms with Crippen molar-refractivity contribution in [2.45, 2.75) is 25.7 Å². The smallest absolute Gasteiger partial charge is 0.339 e. The molecule has 0 radical (unpaired) electrons. The zero-order valence-electron chi connectivity index (χ0n) is 7.57. The molecule has 1 heterocycles. The summed E-state index contributed by atoms with van der Waals surface area (Å²) in [5.41, 5.74) is 0. The summed E-state index contributed by atoms with van der Waals surface area (Å²) < 4.78 is 30.7. The van der Waals surface area contributed by atoms with Gasteiger partial charge in [0.1, 0.15) is 6.10 Å². The van der Waals surface area contributed by atoms with E-state index >= 15 is 0 Å². The predicted octanol–water partition coefficient (Wildman–Crippen LogP) is 1.54. The molecule has 0 amide bonds. The summed E-state index contributed by atoms with van der Waals surface area (Å²) in [6.45, 7) is 3.50. The summed E-state index contributed by atoms with van der Waals surface area (Å²) in [6.07, 6.45) is -0.0730. The van der Waals surface area contributed by atoms with E-state index in [4.69, 9.17) is 9.26 Å². The normalized spacial score (nSPS) is 35.2. The van der Waals surface area contributed by atoms with Gasteiger partial charge in [0.05, 0.1) is 0 Å². The molecule has 6 heteroatoms. The van der Waals surface area contributed by atoms with Gasteiger partial charge in [0, 0.05) is 14.2 Å². The molecular formula is C6H13O5P. The summed E-state index contributed by atoms with van der Waals surface area (Å²) >= 11 is 0. The largest absolute Gasteiger partial charge is 0.476 e. The van der Waals surface area contributed by atoms with E-state index in [9.17, 15) is 4.57 Å². The zero-order chi connectivity index (χ0) is 9.41. The summed E-state index contributed by atoms with van der Waals surface area (Å²) in [5.74, 6) is -0.818. The molecule has 0 spiro atoms. The minimum Gasteiger partial charge on any atom is -0.339 e. The fourth-order valence-corrected chi connectivity index (χ4v) is 1.72. The third kappa shape index (κ3) is 1.87. The van der Waals surface area contributed by atoms with E-state index in [0.29, 0.717) is 0 Å². The molecule has 0 aromatic carbocycles. The highest BCUT2D eigenvalue weighted by Crippen LogP contribution is 2.56. The van der Waals surface area contributed by atoms with Crippen LogP contribution in [0.2, 0.25) is 0 Å². The Kier molecular flexibility index (Phi) is 2.61. The second-order valence-electron chi connectivity index (χ2n) is 2.68. The van der Waals surface area contributed by atoms with Crippen molar-refractivity contribution in [2.24, 2.45) is 0 Å². The average Bonchev–Trinajstić information content (AvgIpc) is 2.59. The third-order valence-electron chi connectivity index (χ3n) is 1.83. The lowest BCUT2D eigenvalue weighted by Gasteiger charge is -2.15. The van der Waals surface area contributed by atoms with Gasteiger partial charge in [-0.2, -0.15) is 0 Å². The Hall–Kier alpha value is 0.0700. The van der Waals surface area contributed by atoms with Crippen LogP contribution in [-0.2, 0) is 22.9 Å². The number of phosphoric ester groups is 1. The second-order valence-corrected chi connectivity index (χ2v) is 4.49. The van der Waals surface area contributed by atoms with Gasteiger partial charge in [0.25, 0.3) is 0 Å². The van der Waals surface area contributed by atoms with E-state index in [1.807, 2.05) is 6.92 Å². The van der Waals surface area contributed by atoms with Crippen LogP contribution in [0, 0.1) is 0 Å². The molecule has 1 saturated heterocycles. The molecule has 0 N–H and O–H groups in total.